The van der Waals surface area contributed by atoms with Crippen molar-refractivity contribution in [2.45, 2.75) is 31.1 Å². The van der Waals surface area contributed by atoms with Crippen LogP contribution in [0, 0.1) is 0 Å². The minimum Gasteiger partial charge on any atom is -0.289 e. The van der Waals surface area contributed by atoms with Crippen LogP contribution in [-0.4, -0.2) is 20.4 Å². The van der Waals surface area contributed by atoms with Gasteiger partial charge in [0, 0.05) is 11.7 Å². The van der Waals surface area contributed by atoms with E-state index in [-0.39, 0.29) is 11.9 Å². The van der Waals surface area contributed by atoms with Crippen molar-refractivity contribution in [2.75, 3.05) is 0 Å². The zero-order valence-electron chi connectivity index (χ0n) is 9.55. The van der Waals surface area contributed by atoms with Crippen molar-refractivity contribution in [2.24, 2.45) is 0 Å². The van der Waals surface area contributed by atoms with Gasteiger partial charge in [0.25, 0.3) is 0 Å². The van der Waals surface area contributed by atoms with Gasteiger partial charge in [-0.15, -0.1) is 0 Å². The van der Waals surface area contributed by atoms with Gasteiger partial charge >= 0.3 is 0 Å². The van der Waals surface area contributed by atoms with E-state index in [1.807, 2.05) is 17.9 Å². The fourth-order valence-corrected chi connectivity index (χ4v) is 4.51. The van der Waals surface area contributed by atoms with Gasteiger partial charge in [-0.3, -0.25) is 9.69 Å². The Balaban J connectivity index is 2.03. The highest BCUT2D eigenvalue weighted by Crippen LogP contribution is 2.49. The smallest absolute Gasteiger partial charge is 0.228 e. The van der Waals surface area contributed by atoms with Gasteiger partial charge in [-0.2, -0.15) is 0 Å². The molecule has 1 amide bonds. The number of carbonyl (C=O) groups is 1. The van der Waals surface area contributed by atoms with E-state index >= 15 is 0 Å². The fraction of sp³-hybridized carbons (Fsp3) is 0.385. The maximum absolute atomic E-state index is 12.0. The quantitative estimate of drug-likeness (QED) is 0.727. The Bertz CT molecular complexity index is 492. The normalized spacial score (nSPS) is 25.9. The highest BCUT2D eigenvalue weighted by Gasteiger charge is 2.46. The van der Waals surface area contributed by atoms with Crippen LogP contribution >= 0.6 is 24.0 Å². The molecule has 0 N–H and O–H groups in total. The lowest BCUT2D eigenvalue weighted by Crippen LogP contribution is -2.33. The highest BCUT2D eigenvalue weighted by atomic mass is 32.2. The number of hydrogen-bond donors (Lipinski definition) is 0. The molecule has 1 saturated heterocycles. The first-order valence-electron chi connectivity index (χ1n) is 5.83. The van der Waals surface area contributed by atoms with Gasteiger partial charge in [-0.1, -0.05) is 55.2 Å². The monoisotopic (exact) mass is 263 g/mol. The summed E-state index contributed by atoms with van der Waals surface area (Å²) in [6.07, 6.45) is 1.55. The predicted octanol–water partition coefficient (Wildman–Crippen LogP) is 2.92. The summed E-state index contributed by atoms with van der Waals surface area (Å²) in [7, 11) is 0. The first kappa shape index (κ1) is 11.2. The van der Waals surface area contributed by atoms with E-state index in [2.05, 4.69) is 18.2 Å². The van der Waals surface area contributed by atoms with Crippen LogP contribution in [0.2, 0.25) is 0 Å². The minimum atomic E-state index is 0.145. The van der Waals surface area contributed by atoms with E-state index < -0.39 is 0 Å². The van der Waals surface area contributed by atoms with Crippen LogP contribution in [0.25, 0.3) is 0 Å². The average molecular weight is 263 g/mol. The summed E-state index contributed by atoms with van der Waals surface area (Å²) in [5.41, 5.74) is 2.65. The molecule has 0 bridgehead atoms. The van der Waals surface area contributed by atoms with Gasteiger partial charge in [0.15, 0.2) is 0 Å². The van der Waals surface area contributed by atoms with Crippen molar-refractivity contribution < 1.29 is 4.79 Å². The molecule has 0 saturated carbocycles. The molecule has 1 fully saturated rings. The third-order valence-corrected chi connectivity index (χ3v) is 5.06. The Morgan fingerprint density at radius 1 is 1.53 bits per heavy atom. The summed E-state index contributed by atoms with van der Waals surface area (Å²) in [5, 5.41) is 0.426. The molecule has 1 aromatic rings. The molecule has 0 unspecified atom stereocenters. The van der Waals surface area contributed by atoms with E-state index in [4.69, 9.17) is 12.2 Å². The second-order valence-electron chi connectivity index (χ2n) is 4.39. The Morgan fingerprint density at radius 3 is 3.06 bits per heavy atom. The highest BCUT2D eigenvalue weighted by molar-refractivity contribution is 8.23. The van der Waals surface area contributed by atoms with Gasteiger partial charge in [0.05, 0.1) is 6.04 Å². The lowest BCUT2D eigenvalue weighted by Gasteiger charge is -2.23. The lowest BCUT2D eigenvalue weighted by atomic mass is 10.1. The number of hydrogen-bond acceptors (Lipinski definition) is 3. The number of thioether (sulfide) groups is 1. The molecular weight excluding hydrogens is 250 g/mol. The molecule has 0 radical (unpaired) electrons. The Kier molecular flexibility index (Phi) is 2.71. The van der Waals surface area contributed by atoms with Gasteiger partial charge in [0.2, 0.25) is 5.91 Å². The van der Waals surface area contributed by atoms with Gasteiger partial charge in [-0.05, 0) is 17.5 Å². The van der Waals surface area contributed by atoms with Crippen LogP contribution in [0.3, 0.4) is 0 Å². The lowest BCUT2D eigenvalue weighted by molar-refractivity contribution is -0.128. The van der Waals surface area contributed by atoms with Gasteiger partial charge in [-0.25, -0.2) is 0 Å². The van der Waals surface area contributed by atoms with Crippen LogP contribution in [-0.2, 0) is 11.2 Å². The number of thiocarbonyl (C=S) groups is 1. The summed E-state index contributed by atoms with van der Waals surface area (Å²) in [5.74, 6) is 0.145. The van der Waals surface area contributed by atoms with Crippen molar-refractivity contribution in [3.05, 3.63) is 35.4 Å². The number of rotatable bonds is 1. The fourth-order valence-electron chi connectivity index (χ4n) is 2.68. The standard InChI is InChI=1S/C13H13NOS2/c1-2-11(15)14-12-9-6-4-3-5-8(9)7-10(12)17-13(14)16/h3-6,10,12H,2,7H2,1H3/t10-,12-/m0/s1. The largest absolute Gasteiger partial charge is 0.289 e. The van der Waals surface area contributed by atoms with Crippen molar-refractivity contribution >= 4 is 34.2 Å². The van der Waals surface area contributed by atoms with Crippen molar-refractivity contribution in [1.82, 2.24) is 4.90 Å². The molecule has 1 heterocycles. The van der Waals surface area contributed by atoms with E-state index in [1.54, 1.807) is 11.8 Å². The topological polar surface area (TPSA) is 20.3 Å². The molecule has 1 aliphatic heterocycles. The summed E-state index contributed by atoms with van der Waals surface area (Å²) >= 11 is 7.02. The number of fused-ring (bicyclic) bond motifs is 3. The first-order valence-corrected chi connectivity index (χ1v) is 7.11. The summed E-state index contributed by atoms with van der Waals surface area (Å²) in [6, 6.07) is 8.57. The maximum atomic E-state index is 12.0. The molecule has 0 aromatic heterocycles. The second-order valence-corrected chi connectivity index (χ2v) is 6.26. The molecule has 4 heteroatoms. The zero-order chi connectivity index (χ0) is 12.0. The van der Waals surface area contributed by atoms with Gasteiger partial charge < -0.3 is 0 Å². The Hall–Kier alpha value is -0.870. The molecule has 1 aromatic carbocycles. The molecule has 2 aliphatic rings. The summed E-state index contributed by atoms with van der Waals surface area (Å²) in [6.45, 7) is 1.89. The number of nitrogens with zero attached hydrogens (tertiary/aromatic N) is 1. The molecule has 3 rings (SSSR count). The molecule has 1 aliphatic carbocycles. The molecule has 17 heavy (non-hydrogen) atoms. The zero-order valence-corrected chi connectivity index (χ0v) is 11.2. The first-order chi connectivity index (χ1) is 8.22. The van der Waals surface area contributed by atoms with Crippen LogP contribution in [0.15, 0.2) is 24.3 Å². The third-order valence-electron chi connectivity index (χ3n) is 3.45. The number of carbonyl (C=O) groups excluding carboxylic acids is 1. The summed E-state index contributed by atoms with van der Waals surface area (Å²) < 4.78 is 0.751. The number of amides is 1. The molecule has 88 valence electrons. The average Bonchev–Trinajstić information content (AvgIpc) is 2.82. The van der Waals surface area contributed by atoms with Crippen LogP contribution in [0.5, 0.6) is 0 Å². The van der Waals surface area contributed by atoms with Crippen molar-refractivity contribution in [3.8, 4) is 0 Å². The van der Waals surface area contributed by atoms with Gasteiger partial charge in [0.1, 0.15) is 4.32 Å². The van der Waals surface area contributed by atoms with E-state index in [0.29, 0.717) is 11.7 Å². The maximum Gasteiger partial charge on any atom is 0.228 e. The Labute approximate surface area is 110 Å². The number of benzene rings is 1. The van der Waals surface area contributed by atoms with Crippen LogP contribution in [0.4, 0.5) is 0 Å². The van der Waals surface area contributed by atoms with E-state index in [1.165, 1.54) is 11.1 Å². The van der Waals surface area contributed by atoms with E-state index in [0.717, 1.165) is 10.7 Å². The van der Waals surface area contributed by atoms with Crippen LogP contribution < -0.4 is 0 Å². The molecular formula is C13H13NOS2. The van der Waals surface area contributed by atoms with Crippen molar-refractivity contribution in [3.63, 3.8) is 0 Å². The predicted molar refractivity (Wildman–Crippen MR) is 74.0 cm³/mol. The summed E-state index contributed by atoms with van der Waals surface area (Å²) in [4.78, 5) is 13.8. The molecule has 2 nitrogen and oxygen atoms in total. The Morgan fingerprint density at radius 2 is 2.29 bits per heavy atom. The minimum absolute atomic E-state index is 0.145. The third kappa shape index (κ3) is 1.62. The van der Waals surface area contributed by atoms with E-state index in [9.17, 15) is 4.79 Å². The van der Waals surface area contributed by atoms with Crippen molar-refractivity contribution in [1.29, 1.82) is 0 Å². The molecule has 2 atom stereocenters. The molecule has 0 spiro atoms. The van der Waals surface area contributed by atoms with Crippen LogP contribution in [0.1, 0.15) is 30.5 Å². The second kappa shape index (κ2) is 4.10. The SMILES string of the molecule is CCC(=O)N1C(=S)S[C@H]2Cc3ccccc3[C@@H]21.